The van der Waals surface area contributed by atoms with E-state index in [0.717, 1.165) is 17.2 Å². The summed E-state index contributed by atoms with van der Waals surface area (Å²) in [4.78, 5) is 6.53. The normalized spacial score (nSPS) is 21.2. The fourth-order valence-corrected chi connectivity index (χ4v) is 3.14. The van der Waals surface area contributed by atoms with Gasteiger partial charge in [-0.1, -0.05) is 6.07 Å². The van der Waals surface area contributed by atoms with E-state index in [-0.39, 0.29) is 18.7 Å². The van der Waals surface area contributed by atoms with Crippen LogP contribution >= 0.6 is 12.2 Å². The molecule has 22 heavy (non-hydrogen) atoms. The molecule has 116 valence electrons. The van der Waals surface area contributed by atoms with Gasteiger partial charge in [0.25, 0.3) is 0 Å². The number of thiocarbonyl (C=S) groups is 1. The molecule has 3 heterocycles. The average molecular weight is 317 g/mol. The highest BCUT2D eigenvalue weighted by atomic mass is 32.1. The highest BCUT2D eigenvalue weighted by Gasteiger charge is 2.41. The third-order valence-electron chi connectivity index (χ3n) is 3.81. The van der Waals surface area contributed by atoms with Crippen LogP contribution in [0.5, 0.6) is 0 Å². The Kier molecular flexibility index (Phi) is 4.40. The minimum atomic E-state index is -0.0575. The van der Waals surface area contributed by atoms with Gasteiger partial charge < -0.3 is 19.7 Å². The van der Waals surface area contributed by atoms with Crippen molar-refractivity contribution in [3.05, 3.63) is 53.7 Å². The maximum Gasteiger partial charge on any atom is 0.170 e. The Morgan fingerprint density at radius 3 is 2.86 bits per heavy atom. The van der Waals surface area contributed by atoms with Crippen molar-refractivity contribution in [2.75, 3.05) is 13.2 Å². The quantitative estimate of drug-likeness (QED) is 0.826. The topological polar surface area (TPSA) is 61.5 Å². The lowest BCUT2D eigenvalue weighted by Crippen LogP contribution is -2.30. The summed E-state index contributed by atoms with van der Waals surface area (Å²) in [6.45, 7) is 2.74. The summed E-state index contributed by atoms with van der Waals surface area (Å²) in [5.41, 5.74) is 0.926. The molecule has 0 unspecified atom stereocenters. The van der Waals surface area contributed by atoms with Crippen LogP contribution in [0.15, 0.2) is 40.9 Å². The van der Waals surface area contributed by atoms with Gasteiger partial charge in [0.1, 0.15) is 17.6 Å². The lowest BCUT2D eigenvalue weighted by Gasteiger charge is -2.25. The molecule has 5 nitrogen and oxygen atoms in total. The Morgan fingerprint density at radius 2 is 2.23 bits per heavy atom. The van der Waals surface area contributed by atoms with Gasteiger partial charge >= 0.3 is 0 Å². The van der Waals surface area contributed by atoms with Crippen molar-refractivity contribution < 1.29 is 9.52 Å². The van der Waals surface area contributed by atoms with E-state index in [0.29, 0.717) is 18.1 Å². The van der Waals surface area contributed by atoms with Crippen LogP contribution in [0.25, 0.3) is 0 Å². The van der Waals surface area contributed by atoms with Crippen LogP contribution in [0.1, 0.15) is 35.7 Å². The molecule has 6 heteroatoms. The second-order valence-electron chi connectivity index (χ2n) is 5.35. The number of nitrogens with one attached hydrogen (secondary N) is 1. The molecule has 3 rings (SSSR count). The molecule has 0 saturated carbocycles. The molecule has 0 aromatic carbocycles. The van der Waals surface area contributed by atoms with E-state index in [1.54, 1.807) is 6.20 Å². The first kappa shape index (κ1) is 15.0. The summed E-state index contributed by atoms with van der Waals surface area (Å²) in [5, 5.41) is 13.1. The zero-order valence-corrected chi connectivity index (χ0v) is 13.2. The Morgan fingerprint density at radius 1 is 1.36 bits per heavy atom. The number of aliphatic hydroxyl groups excluding tert-OH is 1. The zero-order valence-electron chi connectivity index (χ0n) is 12.4. The second-order valence-corrected chi connectivity index (χ2v) is 5.73. The standard InChI is InChI=1S/C16H19N3O2S/c1-11-6-7-13(21-11)15-14(12-5-2-3-8-17-12)18-16(22)19(15)9-4-10-20/h2-3,5-8,14-15,20H,4,9-10H2,1H3,(H,18,22)/t14-,15+/m1/s1. The molecule has 1 aliphatic heterocycles. The Hall–Kier alpha value is -1.92. The number of furan rings is 1. The van der Waals surface area contributed by atoms with Crippen LogP contribution in [0.3, 0.4) is 0 Å². The van der Waals surface area contributed by atoms with E-state index >= 15 is 0 Å². The molecule has 2 aromatic heterocycles. The van der Waals surface area contributed by atoms with E-state index in [4.69, 9.17) is 21.7 Å². The van der Waals surface area contributed by atoms with Gasteiger partial charge in [0, 0.05) is 19.3 Å². The van der Waals surface area contributed by atoms with Crippen LogP contribution in [0, 0.1) is 6.92 Å². The third kappa shape index (κ3) is 2.84. The van der Waals surface area contributed by atoms with E-state index in [2.05, 4.69) is 15.2 Å². The number of aryl methyl sites for hydroxylation is 1. The highest BCUT2D eigenvalue weighted by molar-refractivity contribution is 7.80. The van der Waals surface area contributed by atoms with Gasteiger partial charge in [-0.3, -0.25) is 4.98 Å². The first-order valence-corrected chi connectivity index (χ1v) is 7.77. The van der Waals surface area contributed by atoms with E-state index < -0.39 is 0 Å². The average Bonchev–Trinajstić information content (AvgIpc) is 3.09. The maximum atomic E-state index is 9.13. The van der Waals surface area contributed by atoms with Crippen LogP contribution in [0.2, 0.25) is 0 Å². The van der Waals surface area contributed by atoms with Crippen molar-refractivity contribution >= 4 is 17.3 Å². The van der Waals surface area contributed by atoms with Gasteiger partial charge in [-0.25, -0.2) is 0 Å². The summed E-state index contributed by atoms with van der Waals surface area (Å²) in [7, 11) is 0. The summed E-state index contributed by atoms with van der Waals surface area (Å²) >= 11 is 5.48. The molecule has 2 aromatic rings. The third-order valence-corrected chi connectivity index (χ3v) is 4.16. The monoisotopic (exact) mass is 317 g/mol. The van der Waals surface area contributed by atoms with Crippen molar-refractivity contribution in [1.82, 2.24) is 15.2 Å². The Labute approximate surface area is 135 Å². The number of aromatic nitrogens is 1. The molecule has 2 atom stereocenters. The molecule has 0 spiro atoms. The molecule has 0 bridgehead atoms. The first-order chi connectivity index (χ1) is 10.7. The molecule has 0 aliphatic carbocycles. The fraction of sp³-hybridized carbons (Fsp3) is 0.375. The van der Waals surface area contributed by atoms with Crippen LogP contribution in [-0.4, -0.2) is 33.3 Å². The van der Waals surface area contributed by atoms with Crippen LogP contribution < -0.4 is 5.32 Å². The minimum Gasteiger partial charge on any atom is -0.464 e. The molecule has 1 aliphatic rings. The van der Waals surface area contributed by atoms with Crippen molar-refractivity contribution in [3.8, 4) is 0 Å². The summed E-state index contributed by atoms with van der Waals surface area (Å²) in [6, 6.07) is 9.67. The molecule has 1 fully saturated rings. The number of aliphatic hydroxyl groups is 1. The predicted molar refractivity (Wildman–Crippen MR) is 87.3 cm³/mol. The van der Waals surface area contributed by atoms with Crippen LogP contribution in [0.4, 0.5) is 0 Å². The van der Waals surface area contributed by atoms with E-state index in [1.807, 2.05) is 37.3 Å². The summed E-state index contributed by atoms with van der Waals surface area (Å²) in [5.74, 6) is 1.73. The van der Waals surface area contributed by atoms with Crippen molar-refractivity contribution in [2.45, 2.75) is 25.4 Å². The van der Waals surface area contributed by atoms with Gasteiger partial charge in [-0.15, -0.1) is 0 Å². The lowest BCUT2D eigenvalue weighted by atomic mass is 10.0. The van der Waals surface area contributed by atoms with Gasteiger partial charge in [0.15, 0.2) is 5.11 Å². The maximum absolute atomic E-state index is 9.13. The number of pyridine rings is 1. The Bertz CT molecular complexity index is 644. The van der Waals surface area contributed by atoms with Gasteiger partial charge in [0.05, 0.1) is 11.7 Å². The zero-order chi connectivity index (χ0) is 15.5. The van der Waals surface area contributed by atoms with E-state index in [9.17, 15) is 0 Å². The number of hydrogen-bond acceptors (Lipinski definition) is 4. The van der Waals surface area contributed by atoms with Gasteiger partial charge in [-0.05, 0) is 49.8 Å². The first-order valence-electron chi connectivity index (χ1n) is 7.36. The van der Waals surface area contributed by atoms with Crippen LogP contribution in [-0.2, 0) is 0 Å². The minimum absolute atomic E-state index is 0.0531. The number of hydrogen-bond donors (Lipinski definition) is 2. The molecule has 0 amide bonds. The number of rotatable bonds is 5. The molecule has 1 saturated heterocycles. The Balaban J connectivity index is 1.96. The van der Waals surface area contributed by atoms with E-state index in [1.165, 1.54) is 0 Å². The smallest absolute Gasteiger partial charge is 0.170 e. The van der Waals surface area contributed by atoms with Gasteiger partial charge in [-0.2, -0.15) is 0 Å². The molecular weight excluding hydrogens is 298 g/mol. The van der Waals surface area contributed by atoms with Crippen molar-refractivity contribution in [3.63, 3.8) is 0 Å². The second kappa shape index (κ2) is 6.46. The molecule has 2 N–H and O–H groups in total. The predicted octanol–water partition coefficient (Wildman–Crippen LogP) is 2.34. The summed E-state index contributed by atoms with van der Waals surface area (Å²) in [6.07, 6.45) is 2.44. The fourth-order valence-electron chi connectivity index (χ4n) is 2.81. The summed E-state index contributed by atoms with van der Waals surface area (Å²) < 4.78 is 5.85. The molecular formula is C16H19N3O2S. The highest BCUT2D eigenvalue weighted by Crippen LogP contribution is 2.39. The lowest BCUT2D eigenvalue weighted by molar-refractivity contribution is 0.230. The SMILES string of the molecule is Cc1ccc([C@H]2[C@@H](c3ccccn3)NC(=S)N2CCCO)o1. The van der Waals surface area contributed by atoms with Crippen molar-refractivity contribution in [1.29, 1.82) is 0 Å². The largest absolute Gasteiger partial charge is 0.464 e. The van der Waals surface area contributed by atoms with Crippen molar-refractivity contribution in [2.24, 2.45) is 0 Å². The molecule has 0 radical (unpaired) electrons. The van der Waals surface area contributed by atoms with Gasteiger partial charge in [0.2, 0.25) is 0 Å². The number of nitrogens with zero attached hydrogens (tertiary/aromatic N) is 2.